The standard InChI is InChI=1S/C17H28N4O2/c1-20-16(18-19-17(20)12-4-2-5-12)10-21-8-9-23-11-14(21)13-6-3-7-15(13)22/h12-15,22H,2-11H2,1H3/t13-,14-,15+/m1/s1. The highest BCUT2D eigenvalue weighted by atomic mass is 16.5. The summed E-state index contributed by atoms with van der Waals surface area (Å²) in [6.45, 7) is 3.23. The molecule has 2 heterocycles. The fraction of sp³-hybridized carbons (Fsp3) is 0.882. The van der Waals surface area contributed by atoms with Gasteiger partial charge in [-0.25, -0.2) is 0 Å². The minimum Gasteiger partial charge on any atom is -0.393 e. The largest absolute Gasteiger partial charge is 0.393 e. The molecule has 2 aliphatic carbocycles. The van der Waals surface area contributed by atoms with Crippen LogP contribution in [0.15, 0.2) is 0 Å². The van der Waals surface area contributed by atoms with Gasteiger partial charge in [-0.15, -0.1) is 10.2 Å². The van der Waals surface area contributed by atoms with E-state index in [1.54, 1.807) is 0 Å². The highest BCUT2D eigenvalue weighted by Gasteiger charge is 2.38. The molecule has 0 spiro atoms. The Balaban J connectivity index is 1.48. The van der Waals surface area contributed by atoms with Crippen molar-refractivity contribution in [2.24, 2.45) is 13.0 Å². The van der Waals surface area contributed by atoms with Crippen molar-refractivity contribution in [3.63, 3.8) is 0 Å². The van der Waals surface area contributed by atoms with E-state index in [1.165, 1.54) is 19.3 Å². The summed E-state index contributed by atoms with van der Waals surface area (Å²) >= 11 is 0. The molecule has 3 aliphatic rings. The third-order valence-electron chi connectivity index (χ3n) is 6.12. The van der Waals surface area contributed by atoms with Crippen molar-refractivity contribution in [3.05, 3.63) is 11.6 Å². The smallest absolute Gasteiger partial charge is 0.146 e. The molecule has 1 N–H and O–H groups in total. The van der Waals surface area contributed by atoms with Gasteiger partial charge in [-0.05, 0) is 25.7 Å². The Morgan fingerprint density at radius 3 is 2.70 bits per heavy atom. The summed E-state index contributed by atoms with van der Waals surface area (Å²) < 4.78 is 7.91. The molecule has 6 nitrogen and oxygen atoms in total. The van der Waals surface area contributed by atoms with Gasteiger partial charge in [0.25, 0.3) is 0 Å². The lowest BCUT2D eigenvalue weighted by Gasteiger charge is -2.39. The van der Waals surface area contributed by atoms with Gasteiger partial charge in [0.1, 0.15) is 11.6 Å². The number of ether oxygens (including phenoxy) is 1. The van der Waals surface area contributed by atoms with Gasteiger partial charge in [-0.3, -0.25) is 4.90 Å². The van der Waals surface area contributed by atoms with Crippen molar-refractivity contribution >= 4 is 0 Å². The second kappa shape index (κ2) is 6.49. The Hall–Kier alpha value is -0.980. The summed E-state index contributed by atoms with van der Waals surface area (Å²) in [5.41, 5.74) is 0. The monoisotopic (exact) mass is 320 g/mol. The van der Waals surface area contributed by atoms with Gasteiger partial charge in [0, 0.05) is 31.5 Å². The summed E-state index contributed by atoms with van der Waals surface area (Å²) in [5.74, 6) is 3.15. The number of aromatic nitrogens is 3. The maximum Gasteiger partial charge on any atom is 0.146 e. The van der Waals surface area contributed by atoms with Gasteiger partial charge in [-0.1, -0.05) is 12.8 Å². The molecule has 1 aromatic heterocycles. The molecule has 23 heavy (non-hydrogen) atoms. The molecule has 1 saturated heterocycles. The molecule has 128 valence electrons. The van der Waals surface area contributed by atoms with Crippen LogP contribution in [-0.2, 0) is 18.3 Å². The second-order valence-electron chi connectivity index (χ2n) is 7.44. The van der Waals surface area contributed by atoms with Crippen molar-refractivity contribution in [2.75, 3.05) is 19.8 Å². The Morgan fingerprint density at radius 2 is 2.00 bits per heavy atom. The fourth-order valence-electron chi connectivity index (χ4n) is 4.38. The molecule has 0 amide bonds. The van der Waals surface area contributed by atoms with Crippen molar-refractivity contribution < 1.29 is 9.84 Å². The van der Waals surface area contributed by atoms with Crippen molar-refractivity contribution in [1.82, 2.24) is 19.7 Å². The Kier molecular flexibility index (Phi) is 4.39. The van der Waals surface area contributed by atoms with E-state index in [0.29, 0.717) is 17.9 Å². The van der Waals surface area contributed by atoms with E-state index in [-0.39, 0.29) is 6.10 Å². The van der Waals surface area contributed by atoms with Gasteiger partial charge in [-0.2, -0.15) is 0 Å². The minimum atomic E-state index is -0.172. The van der Waals surface area contributed by atoms with Gasteiger partial charge in [0.05, 0.1) is 25.9 Å². The lowest BCUT2D eigenvalue weighted by atomic mass is 9.85. The van der Waals surface area contributed by atoms with Crippen LogP contribution >= 0.6 is 0 Å². The fourth-order valence-corrected chi connectivity index (χ4v) is 4.38. The Morgan fingerprint density at radius 1 is 1.17 bits per heavy atom. The van der Waals surface area contributed by atoms with Gasteiger partial charge in [0.2, 0.25) is 0 Å². The second-order valence-corrected chi connectivity index (χ2v) is 7.44. The van der Waals surface area contributed by atoms with E-state index >= 15 is 0 Å². The van der Waals surface area contributed by atoms with Crippen LogP contribution in [0.4, 0.5) is 0 Å². The molecule has 0 bridgehead atoms. The molecule has 1 aromatic rings. The zero-order valence-corrected chi connectivity index (χ0v) is 14.0. The predicted octanol–water partition coefficient (Wildman–Crippen LogP) is 1.44. The number of rotatable bonds is 4. The lowest BCUT2D eigenvalue weighted by Crippen LogP contribution is -2.50. The molecule has 3 atom stereocenters. The molecule has 0 radical (unpaired) electrons. The van der Waals surface area contributed by atoms with E-state index in [1.807, 2.05) is 0 Å². The van der Waals surface area contributed by atoms with E-state index in [4.69, 9.17) is 4.74 Å². The SMILES string of the molecule is Cn1c(CN2CCOC[C@@H]2[C@H]2CCC[C@@H]2O)nnc1C1CCC1. The summed E-state index contributed by atoms with van der Waals surface area (Å²) in [7, 11) is 2.10. The topological polar surface area (TPSA) is 63.4 Å². The molecule has 0 unspecified atom stereocenters. The van der Waals surface area contributed by atoms with Gasteiger partial charge < -0.3 is 14.4 Å². The number of nitrogens with zero attached hydrogens (tertiary/aromatic N) is 4. The van der Waals surface area contributed by atoms with Crippen molar-refractivity contribution in [2.45, 2.75) is 63.1 Å². The highest BCUT2D eigenvalue weighted by Crippen LogP contribution is 2.36. The van der Waals surface area contributed by atoms with E-state index in [9.17, 15) is 5.11 Å². The summed E-state index contributed by atoms with van der Waals surface area (Å²) in [6, 6.07) is 0.310. The zero-order valence-electron chi connectivity index (χ0n) is 14.0. The van der Waals surface area contributed by atoms with Crippen molar-refractivity contribution in [1.29, 1.82) is 0 Å². The quantitative estimate of drug-likeness (QED) is 0.909. The van der Waals surface area contributed by atoms with Crippen LogP contribution < -0.4 is 0 Å². The van der Waals surface area contributed by atoms with E-state index < -0.39 is 0 Å². The van der Waals surface area contributed by atoms with Crippen molar-refractivity contribution in [3.8, 4) is 0 Å². The molecule has 1 aliphatic heterocycles. The molecule has 0 aromatic carbocycles. The van der Waals surface area contributed by atoms with Crippen LogP contribution in [0.5, 0.6) is 0 Å². The number of aliphatic hydroxyl groups excluding tert-OH is 1. The average molecular weight is 320 g/mol. The number of hydrogen-bond acceptors (Lipinski definition) is 5. The molecule has 2 saturated carbocycles. The first kappa shape index (κ1) is 15.5. The van der Waals surface area contributed by atoms with Gasteiger partial charge >= 0.3 is 0 Å². The third kappa shape index (κ3) is 2.92. The van der Waals surface area contributed by atoms with E-state index in [2.05, 4.69) is 26.7 Å². The summed E-state index contributed by atoms with van der Waals surface area (Å²) in [5, 5.41) is 19.2. The third-order valence-corrected chi connectivity index (χ3v) is 6.12. The maximum atomic E-state index is 10.3. The normalized spacial score (nSPS) is 33.0. The zero-order chi connectivity index (χ0) is 15.8. The number of aliphatic hydroxyl groups is 1. The van der Waals surface area contributed by atoms with Crippen LogP contribution in [0.1, 0.15) is 56.1 Å². The first-order chi connectivity index (χ1) is 11.2. The first-order valence-electron chi connectivity index (χ1n) is 9.12. The van der Waals surface area contributed by atoms with Crippen LogP contribution in [-0.4, -0.2) is 56.7 Å². The average Bonchev–Trinajstić information content (AvgIpc) is 3.07. The number of morpholine rings is 1. The Labute approximate surface area is 137 Å². The molecular weight excluding hydrogens is 292 g/mol. The van der Waals surface area contributed by atoms with Crippen LogP contribution in [0.3, 0.4) is 0 Å². The molecular formula is C17H28N4O2. The van der Waals surface area contributed by atoms with Crippen LogP contribution in [0.2, 0.25) is 0 Å². The predicted molar refractivity (Wildman–Crippen MR) is 86.0 cm³/mol. The van der Waals surface area contributed by atoms with Crippen LogP contribution in [0, 0.1) is 5.92 Å². The lowest BCUT2D eigenvalue weighted by molar-refractivity contribution is -0.0548. The molecule has 6 heteroatoms. The minimum absolute atomic E-state index is 0.172. The number of hydrogen-bond donors (Lipinski definition) is 1. The molecule has 3 fully saturated rings. The Bertz CT molecular complexity index is 543. The molecule has 4 rings (SSSR count). The first-order valence-corrected chi connectivity index (χ1v) is 9.12. The highest BCUT2D eigenvalue weighted by molar-refractivity contribution is 5.05. The summed E-state index contributed by atoms with van der Waals surface area (Å²) in [4.78, 5) is 2.46. The maximum absolute atomic E-state index is 10.3. The van der Waals surface area contributed by atoms with Crippen LogP contribution in [0.25, 0.3) is 0 Å². The van der Waals surface area contributed by atoms with E-state index in [0.717, 1.165) is 57.2 Å². The van der Waals surface area contributed by atoms with Gasteiger partial charge in [0.15, 0.2) is 0 Å². The summed E-state index contributed by atoms with van der Waals surface area (Å²) in [6.07, 6.45) is 6.82.